The Morgan fingerprint density at radius 2 is 1.88 bits per heavy atom. The van der Waals surface area contributed by atoms with Gasteiger partial charge in [-0.15, -0.1) is 0 Å². The molecular weight excluding hydrogens is 241 g/mol. The quantitative estimate of drug-likeness (QED) is 0.828. The zero-order valence-electron chi connectivity index (χ0n) is 10.1. The van der Waals surface area contributed by atoms with Crippen LogP contribution in [-0.2, 0) is 6.54 Å². The van der Waals surface area contributed by atoms with Crippen molar-refractivity contribution in [3.63, 3.8) is 0 Å². The summed E-state index contributed by atoms with van der Waals surface area (Å²) in [6.07, 6.45) is 0. The molecular formula is C13H19Cl2N. The molecule has 0 radical (unpaired) electrons. The fourth-order valence-corrected chi connectivity index (χ4v) is 1.73. The number of rotatable bonds is 5. The monoisotopic (exact) mass is 259 g/mol. The molecule has 0 bridgehead atoms. The summed E-state index contributed by atoms with van der Waals surface area (Å²) < 4.78 is 0. The highest BCUT2D eigenvalue weighted by atomic mass is 35.5. The van der Waals surface area contributed by atoms with E-state index in [-0.39, 0.29) is 0 Å². The standard InChI is InChI=1S/C13H19Cl2N/c1-9(2)10(3)7-16-8-11-6-12(14)4-5-13(11)15/h4-6,9-10,16H,7-8H2,1-3H3. The highest BCUT2D eigenvalue weighted by molar-refractivity contribution is 6.33. The van der Waals surface area contributed by atoms with Gasteiger partial charge in [-0.25, -0.2) is 0 Å². The zero-order valence-corrected chi connectivity index (χ0v) is 11.6. The predicted molar refractivity (Wildman–Crippen MR) is 72.2 cm³/mol. The summed E-state index contributed by atoms with van der Waals surface area (Å²) in [5, 5.41) is 4.91. The van der Waals surface area contributed by atoms with Crippen LogP contribution in [0.2, 0.25) is 10.0 Å². The van der Waals surface area contributed by atoms with E-state index in [4.69, 9.17) is 23.2 Å². The third-order valence-electron chi connectivity index (χ3n) is 2.93. The predicted octanol–water partition coefficient (Wildman–Crippen LogP) is 4.38. The SMILES string of the molecule is CC(C)C(C)CNCc1cc(Cl)ccc1Cl. The second-order valence-electron chi connectivity index (χ2n) is 4.59. The van der Waals surface area contributed by atoms with Crippen LogP contribution >= 0.6 is 23.2 Å². The Balaban J connectivity index is 2.45. The van der Waals surface area contributed by atoms with Crippen LogP contribution < -0.4 is 5.32 Å². The molecule has 0 spiro atoms. The maximum absolute atomic E-state index is 6.08. The van der Waals surface area contributed by atoms with Crippen LogP contribution in [0.25, 0.3) is 0 Å². The van der Waals surface area contributed by atoms with Crippen molar-refractivity contribution in [2.24, 2.45) is 11.8 Å². The minimum Gasteiger partial charge on any atom is -0.312 e. The fourth-order valence-electron chi connectivity index (χ4n) is 1.35. The van der Waals surface area contributed by atoms with Gasteiger partial charge >= 0.3 is 0 Å². The van der Waals surface area contributed by atoms with Crippen molar-refractivity contribution in [2.45, 2.75) is 27.3 Å². The molecule has 0 saturated carbocycles. The Kier molecular flexibility index (Phi) is 5.60. The van der Waals surface area contributed by atoms with Crippen LogP contribution in [0.5, 0.6) is 0 Å². The fraction of sp³-hybridized carbons (Fsp3) is 0.538. The van der Waals surface area contributed by atoms with Gasteiger partial charge in [0.1, 0.15) is 0 Å². The molecule has 16 heavy (non-hydrogen) atoms. The second kappa shape index (κ2) is 6.48. The maximum atomic E-state index is 6.08. The summed E-state index contributed by atoms with van der Waals surface area (Å²) >= 11 is 12.0. The van der Waals surface area contributed by atoms with Crippen LogP contribution in [0.4, 0.5) is 0 Å². The first-order valence-corrected chi connectivity index (χ1v) is 6.41. The van der Waals surface area contributed by atoms with Crippen molar-refractivity contribution in [3.8, 4) is 0 Å². The van der Waals surface area contributed by atoms with E-state index >= 15 is 0 Å². The molecule has 0 aromatic heterocycles. The Bertz CT molecular complexity index is 337. The van der Waals surface area contributed by atoms with Crippen molar-refractivity contribution in [3.05, 3.63) is 33.8 Å². The molecule has 1 nitrogen and oxygen atoms in total. The second-order valence-corrected chi connectivity index (χ2v) is 5.43. The van der Waals surface area contributed by atoms with E-state index in [1.807, 2.05) is 18.2 Å². The smallest absolute Gasteiger partial charge is 0.0451 e. The van der Waals surface area contributed by atoms with Crippen molar-refractivity contribution >= 4 is 23.2 Å². The van der Waals surface area contributed by atoms with Gasteiger partial charge in [0.25, 0.3) is 0 Å². The summed E-state index contributed by atoms with van der Waals surface area (Å²) in [5.41, 5.74) is 1.06. The van der Waals surface area contributed by atoms with Crippen LogP contribution in [0.3, 0.4) is 0 Å². The number of hydrogen-bond acceptors (Lipinski definition) is 1. The van der Waals surface area contributed by atoms with Crippen LogP contribution in [0.15, 0.2) is 18.2 Å². The number of benzene rings is 1. The molecule has 1 aromatic rings. The largest absolute Gasteiger partial charge is 0.312 e. The molecule has 1 unspecified atom stereocenters. The number of halogens is 2. The van der Waals surface area contributed by atoms with Crippen molar-refractivity contribution in [1.29, 1.82) is 0 Å². The van der Waals surface area contributed by atoms with Gasteiger partial charge in [0.05, 0.1) is 0 Å². The molecule has 1 aromatic carbocycles. The Morgan fingerprint density at radius 1 is 1.19 bits per heavy atom. The lowest BCUT2D eigenvalue weighted by Gasteiger charge is -2.16. The van der Waals surface area contributed by atoms with Gasteiger partial charge in [-0.05, 0) is 42.1 Å². The third-order valence-corrected chi connectivity index (χ3v) is 3.53. The first-order valence-electron chi connectivity index (χ1n) is 5.65. The van der Waals surface area contributed by atoms with E-state index in [1.54, 1.807) is 0 Å². The minimum absolute atomic E-state index is 0.665. The van der Waals surface area contributed by atoms with Gasteiger partial charge in [0.2, 0.25) is 0 Å². The lowest BCUT2D eigenvalue weighted by Crippen LogP contribution is -2.23. The molecule has 90 valence electrons. The van der Waals surface area contributed by atoms with E-state index < -0.39 is 0 Å². The molecule has 0 heterocycles. The summed E-state index contributed by atoms with van der Waals surface area (Å²) in [4.78, 5) is 0. The molecule has 0 aliphatic rings. The lowest BCUT2D eigenvalue weighted by atomic mass is 9.98. The summed E-state index contributed by atoms with van der Waals surface area (Å²) in [5.74, 6) is 1.36. The maximum Gasteiger partial charge on any atom is 0.0451 e. The summed E-state index contributed by atoms with van der Waals surface area (Å²) in [7, 11) is 0. The normalized spacial score (nSPS) is 13.1. The van der Waals surface area contributed by atoms with E-state index in [9.17, 15) is 0 Å². The molecule has 1 atom stereocenters. The van der Waals surface area contributed by atoms with Gasteiger partial charge < -0.3 is 5.32 Å². The molecule has 1 rings (SSSR count). The highest BCUT2D eigenvalue weighted by Crippen LogP contribution is 2.20. The van der Waals surface area contributed by atoms with E-state index in [1.165, 1.54) is 0 Å². The van der Waals surface area contributed by atoms with Crippen LogP contribution in [-0.4, -0.2) is 6.54 Å². The Labute approximate surface area is 108 Å². The highest BCUT2D eigenvalue weighted by Gasteiger charge is 2.07. The van der Waals surface area contributed by atoms with Gasteiger partial charge in [0.15, 0.2) is 0 Å². The van der Waals surface area contributed by atoms with E-state index in [0.29, 0.717) is 11.8 Å². The summed E-state index contributed by atoms with van der Waals surface area (Å²) in [6, 6.07) is 5.56. The van der Waals surface area contributed by atoms with Gasteiger partial charge in [-0.2, -0.15) is 0 Å². The molecule has 0 aliphatic heterocycles. The molecule has 0 aliphatic carbocycles. The Morgan fingerprint density at radius 3 is 2.50 bits per heavy atom. The third kappa shape index (κ3) is 4.32. The Hall–Kier alpha value is -0.240. The average Bonchev–Trinajstić information content (AvgIpc) is 2.22. The van der Waals surface area contributed by atoms with Gasteiger partial charge in [0, 0.05) is 16.6 Å². The zero-order chi connectivity index (χ0) is 12.1. The summed E-state index contributed by atoms with van der Waals surface area (Å²) in [6.45, 7) is 8.49. The minimum atomic E-state index is 0.665. The van der Waals surface area contributed by atoms with Crippen LogP contribution in [0, 0.1) is 11.8 Å². The van der Waals surface area contributed by atoms with Gasteiger partial charge in [-0.3, -0.25) is 0 Å². The first kappa shape index (κ1) is 13.8. The number of hydrogen-bond donors (Lipinski definition) is 1. The van der Waals surface area contributed by atoms with E-state index in [2.05, 4.69) is 26.1 Å². The molecule has 1 N–H and O–H groups in total. The molecule has 0 amide bonds. The van der Waals surface area contributed by atoms with Crippen molar-refractivity contribution in [2.75, 3.05) is 6.54 Å². The topological polar surface area (TPSA) is 12.0 Å². The van der Waals surface area contributed by atoms with Gasteiger partial charge in [-0.1, -0.05) is 44.0 Å². The van der Waals surface area contributed by atoms with E-state index in [0.717, 1.165) is 28.7 Å². The van der Waals surface area contributed by atoms with Crippen LogP contribution in [0.1, 0.15) is 26.3 Å². The molecule has 3 heteroatoms. The number of nitrogens with one attached hydrogen (secondary N) is 1. The van der Waals surface area contributed by atoms with Crippen molar-refractivity contribution in [1.82, 2.24) is 5.32 Å². The molecule has 0 fully saturated rings. The van der Waals surface area contributed by atoms with Crippen molar-refractivity contribution < 1.29 is 0 Å². The molecule has 0 saturated heterocycles. The first-order chi connectivity index (χ1) is 7.50. The lowest BCUT2D eigenvalue weighted by molar-refractivity contribution is 0.392. The average molecular weight is 260 g/mol.